The lowest BCUT2D eigenvalue weighted by molar-refractivity contribution is -0.134. The lowest BCUT2D eigenvalue weighted by Gasteiger charge is -2.33. The van der Waals surface area contributed by atoms with Crippen molar-refractivity contribution in [2.24, 2.45) is 5.92 Å². The number of halogens is 2. The molecule has 160 valence electrons. The van der Waals surface area contributed by atoms with Gasteiger partial charge < -0.3 is 9.47 Å². The third kappa shape index (κ3) is 5.73. The lowest BCUT2D eigenvalue weighted by Crippen LogP contribution is -2.47. The zero-order chi connectivity index (χ0) is 21.7. The van der Waals surface area contributed by atoms with E-state index in [0.29, 0.717) is 34.6 Å². The van der Waals surface area contributed by atoms with E-state index in [9.17, 15) is 10.1 Å². The molecule has 5 nitrogen and oxygen atoms in total. The Balaban J connectivity index is 1.72. The highest BCUT2D eigenvalue weighted by atomic mass is 35.5. The van der Waals surface area contributed by atoms with E-state index in [4.69, 9.17) is 23.2 Å². The van der Waals surface area contributed by atoms with Crippen molar-refractivity contribution in [1.29, 1.82) is 5.26 Å². The topological polar surface area (TPSA) is 61.1 Å². The molecule has 30 heavy (non-hydrogen) atoms. The van der Waals surface area contributed by atoms with Crippen LogP contribution in [0.3, 0.4) is 0 Å². The Bertz CT molecular complexity index is 932. The fourth-order valence-corrected chi connectivity index (χ4v) is 4.88. The third-order valence-corrected chi connectivity index (χ3v) is 7.31. The second-order valence-electron chi connectivity index (χ2n) is 7.80. The van der Waals surface area contributed by atoms with Gasteiger partial charge in [-0.2, -0.15) is 5.26 Å². The monoisotopic (exact) mass is 464 g/mol. The molecule has 1 amide bonds. The second-order valence-corrected chi connectivity index (χ2v) is 9.49. The van der Waals surface area contributed by atoms with Crippen LogP contribution in [-0.4, -0.2) is 34.5 Å². The number of hydrogen-bond acceptors (Lipinski definition) is 4. The van der Waals surface area contributed by atoms with Crippen LogP contribution in [0.15, 0.2) is 35.4 Å². The Hall–Kier alpha value is -1.65. The summed E-state index contributed by atoms with van der Waals surface area (Å²) in [6, 6.07) is 9.08. The second kappa shape index (κ2) is 10.6. The van der Waals surface area contributed by atoms with Crippen LogP contribution in [0.4, 0.5) is 0 Å². The number of piperidine rings is 1. The first-order valence-corrected chi connectivity index (χ1v) is 11.7. The van der Waals surface area contributed by atoms with Crippen molar-refractivity contribution in [3.8, 4) is 6.07 Å². The molecular formula is C22H26Cl2N4OS. The predicted octanol–water partition coefficient (Wildman–Crippen LogP) is 5.29. The molecule has 1 N–H and O–H groups in total. The van der Waals surface area contributed by atoms with Gasteiger partial charge in [0.15, 0.2) is 0 Å². The van der Waals surface area contributed by atoms with Gasteiger partial charge in [-0.1, -0.05) is 30.1 Å². The fourth-order valence-electron chi connectivity index (χ4n) is 3.50. The van der Waals surface area contributed by atoms with Gasteiger partial charge in [0, 0.05) is 35.7 Å². The summed E-state index contributed by atoms with van der Waals surface area (Å²) in [6.45, 7) is 6.31. The van der Waals surface area contributed by atoms with Gasteiger partial charge in [0.1, 0.15) is 11.8 Å². The number of carbonyl (C=O) groups is 1. The molecule has 1 saturated heterocycles. The Morgan fingerprint density at radius 2 is 2.07 bits per heavy atom. The minimum atomic E-state index is -0.385. The molecule has 0 spiro atoms. The van der Waals surface area contributed by atoms with Gasteiger partial charge in [-0.05, 0) is 73.9 Å². The molecule has 0 bridgehead atoms. The average Bonchev–Trinajstić information content (AvgIpc) is 3.19. The number of rotatable bonds is 7. The number of nitriles is 1. The summed E-state index contributed by atoms with van der Waals surface area (Å²) in [5.74, 6) is 0.755. The van der Waals surface area contributed by atoms with E-state index in [1.807, 2.05) is 34.7 Å². The van der Waals surface area contributed by atoms with Crippen molar-refractivity contribution in [3.63, 3.8) is 0 Å². The molecule has 8 heteroatoms. The molecule has 1 aliphatic heterocycles. The Kier molecular flexibility index (Phi) is 8.13. The number of hydrogen-bond donors (Lipinski definition) is 1. The van der Waals surface area contributed by atoms with Crippen LogP contribution in [0.1, 0.15) is 37.4 Å². The molecular weight excluding hydrogens is 439 g/mol. The van der Waals surface area contributed by atoms with E-state index in [-0.39, 0.29) is 11.9 Å². The SMILES string of the molecule is Cc1cc(SNC(CCn2cccc2C#N)C(=O)N2CCC(C)CC2)c(Cl)cc1Cl. The van der Waals surface area contributed by atoms with Gasteiger partial charge in [0.25, 0.3) is 0 Å². The summed E-state index contributed by atoms with van der Waals surface area (Å²) in [6.07, 6.45) is 4.51. The molecule has 1 fully saturated rings. The first kappa shape index (κ1) is 23.0. The summed E-state index contributed by atoms with van der Waals surface area (Å²) in [5, 5.41) is 10.4. The van der Waals surface area contributed by atoms with Crippen molar-refractivity contribution in [3.05, 3.63) is 51.8 Å². The molecule has 0 radical (unpaired) electrons. The third-order valence-electron chi connectivity index (χ3n) is 5.52. The molecule has 1 unspecified atom stereocenters. The lowest BCUT2D eigenvalue weighted by atomic mass is 9.98. The van der Waals surface area contributed by atoms with E-state index in [1.54, 1.807) is 12.1 Å². The number of nitrogens with zero attached hydrogens (tertiary/aromatic N) is 3. The molecule has 1 aliphatic rings. The summed E-state index contributed by atoms with van der Waals surface area (Å²) < 4.78 is 5.21. The molecule has 1 aromatic heterocycles. The zero-order valence-electron chi connectivity index (χ0n) is 17.2. The molecule has 2 heterocycles. The van der Waals surface area contributed by atoms with Crippen LogP contribution in [0, 0.1) is 24.2 Å². The van der Waals surface area contributed by atoms with Crippen molar-refractivity contribution in [2.75, 3.05) is 13.1 Å². The molecule has 0 aliphatic carbocycles. The number of aryl methyl sites for hydroxylation is 2. The average molecular weight is 465 g/mol. The maximum absolute atomic E-state index is 13.3. The van der Waals surface area contributed by atoms with Gasteiger partial charge in [0.2, 0.25) is 5.91 Å². The van der Waals surface area contributed by atoms with Gasteiger partial charge in [0.05, 0.1) is 11.1 Å². The molecule has 0 saturated carbocycles. The first-order chi connectivity index (χ1) is 14.4. The quantitative estimate of drug-likeness (QED) is 0.565. The van der Waals surface area contributed by atoms with E-state index in [2.05, 4.69) is 17.7 Å². The summed E-state index contributed by atoms with van der Waals surface area (Å²) in [4.78, 5) is 16.1. The van der Waals surface area contributed by atoms with Gasteiger partial charge in [-0.3, -0.25) is 4.79 Å². The van der Waals surface area contributed by atoms with Crippen LogP contribution in [0.5, 0.6) is 0 Å². The van der Waals surface area contributed by atoms with E-state index in [1.165, 1.54) is 11.9 Å². The van der Waals surface area contributed by atoms with E-state index < -0.39 is 0 Å². The maximum Gasteiger partial charge on any atom is 0.240 e. The number of nitrogens with one attached hydrogen (secondary N) is 1. The largest absolute Gasteiger partial charge is 0.341 e. The standard InChI is InChI=1S/C22H26Cl2N4OS/c1-15-5-9-28(10-6-15)22(29)20(7-11-27-8-3-4-17(27)14-25)26-30-21-12-16(2)18(23)13-19(21)24/h3-4,8,12-13,15,20,26H,5-7,9-11H2,1-2H3. The highest BCUT2D eigenvalue weighted by Crippen LogP contribution is 2.31. The highest BCUT2D eigenvalue weighted by Gasteiger charge is 2.27. The van der Waals surface area contributed by atoms with Crippen molar-refractivity contribution >= 4 is 41.1 Å². The Morgan fingerprint density at radius 1 is 1.33 bits per heavy atom. The smallest absolute Gasteiger partial charge is 0.240 e. The highest BCUT2D eigenvalue weighted by molar-refractivity contribution is 7.97. The fraction of sp³-hybridized carbons (Fsp3) is 0.455. The number of aromatic nitrogens is 1. The summed E-state index contributed by atoms with van der Waals surface area (Å²) >= 11 is 13.8. The van der Waals surface area contributed by atoms with Crippen molar-refractivity contribution in [1.82, 2.24) is 14.2 Å². The van der Waals surface area contributed by atoms with Crippen LogP contribution >= 0.6 is 35.1 Å². The van der Waals surface area contributed by atoms with Crippen LogP contribution in [0.25, 0.3) is 0 Å². The van der Waals surface area contributed by atoms with Crippen molar-refractivity contribution < 1.29 is 4.79 Å². The van der Waals surface area contributed by atoms with Crippen molar-refractivity contribution in [2.45, 2.75) is 50.6 Å². The molecule has 3 rings (SSSR count). The first-order valence-electron chi connectivity index (χ1n) is 10.1. The summed E-state index contributed by atoms with van der Waals surface area (Å²) in [5.41, 5.74) is 1.53. The Labute approximate surface area is 192 Å². The number of amides is 1. The number of likely N-dealkylation sites (tertiary alicyclic amines) is 1. The molecule has 2 aromatic rings. The molecule has 1 atom stereocenters. The van der Waals surface area contributed by atoms with Crippen LogP contribution in [-0.2, 0) is 11.3 Å². The Morgan fingerprint density at radius 3 is 2.77 bits per heavy atom. The summed E-state index contributed by atoms with van der Waals surface area (Å²) in [7, 11) is 0. The van der Waals surface area contributed by atoms with E-state index in [0.717, 1.165) is 36.4 Å². The minimum Gasteiger partial charge on any atom is -0.341 e. The predicted molar refractivity (Wildman–Crippen MR) is 123 cm³/mol. The van der Waals surface area contributed by atoms with E-state index >= 15 is 0 Å². The minimum absolute atomic E-state index is 0.0990. The maximum atomic E-state index is 13.3. The number of carbonyl (C=O) groups excluding carboxylic acids is 1. The van der Waals surface area contributed by atoms with Gasteiger partial charge >= 0.3 is 0 Å². The van der Waals surface area contributed by atoms with Crippen LogP contribution < -0.4 is 4.72 Å². The van der Waals surface area contributed by atoms with Gasteiger partial charge in [-0.15, -0.1) is 0 Å². The normalized spacial score (nSPS) is 15.8. The van der Waals surface area contributed by atoms with Crippen LogP contribution in [0.2, 0.25) is 10.0 Å². The number of benzene rings is 1. The van der Waals surface area contributed by atoms with Gasteiger partial charge in [-0.25, -0.2) is 4.72 Å². The zero-order valence-corrected chi connectivity index (χ0v) is 19.5. The molecule has 1 aromatic carbocycles.